The molecule has 0 fully saturated rings. The summed E-state index contributed by atoms with van der Waals surface area (Å²) in [6, 6.07) is 0. The predicted molar refractivity (Wildman–Crippen MR) is 53.4 cm³/mol. The Morgan fingerprint density at radius 2 is 0.455 bits per heavy atom. The van der Waals surface area contributed by atoms with E-state index in [4.69, 9.17) is 49.5 Å². The topological polar surface area (TPSA) is 201 Å². The Morgan fingerprint density at radius 1 is 0.455 bits per heavy atom. The Morgan fingerprint density at radius 3 is 0.455 bits per heavy atom. The standard InChI is InChI=1S/5C2H4O2.Ce.Mn/c5*1-2(3)4;;/h5*1H3,(H,3,4);;/q;;;;;+3;+2/p-5. The summed E-state index contributed by atoms with van der Waals surface area (Å²) in [4.78, 5) is 44.4. The van der Waals surface area contributed by atoms with Crippen molar-refractivity contribution in [3.05, 3.63) is 0 Å². The zero-order valence-corrected chi connectivity index (χ0v) is 16.8. The Balaban J connectivity index is -0.0000000250. The average Bonchev–Trinajstić information content (AvgIpc) is 1.94. The number of carbonyl (C=O) groups is 5. The molecule has 0 amide bonds. The molecule has 0 aromatic heterocycles. The second-order valence-electron chi connectivity index (χ2n) is 2.46. The third-order valence-corrected chi connectivity index (χ3v) is 0. The van der Waals surface area contributed by atoms with Gasteiger partial charge in [0.1, 0.15) is 0 Å². The predicted octanol–water partition coefficient (Wildman–Crippen LogP) is -6.22. The van der Waals surface area contributed by atoms with E-state index in [0.717, 1.165) is 34.6 Å². The zero-order chi connectivity index (χ0) is 17.9. The molecule has 0 rings (SSSR count). The quantitative estimate of drug-likeness (QED) is 0.294. The van der Waals surface area contributed by atoms with Crippen molar-refractivity contribution in [2.24, 2.45) is 0 Å². The monoisotopic (exact) mass is 490 g/mol. The van der Waals surface area contributed by atoms with Gasteiger partial charge in [0.2, 0.25) is 0 Å². The fourth-order valence-corrected chi connectivity index (χ4v) is 0. The van der Waals surface area contributed by atoms with Crippen LogP contribution in [0.5, 0.6) is 0 Å². The van der Waals surface area contributed by atoms with Gasteiger partial charge in [-0.1, -0.05) is 0 Å². The molecule has 0 N–H and O–H groups in total. The fraction of sp³-hybridized carbons (Fsp3) is 0.500. The maximum absolute atomic E-state index is 8.89. The van der Waals surface area contributed by atoms with Gasteiger partial charge < -0.3 is 49.5 Å². The van der Waals surface area contributed by atoms with Gasteiger partial charge in [-0.2, -0.15) is 0 Å². The van der Waals surface area contributed by atoms with Gasteiger partial charge in [-0.15, -0.1) is 0 Å². The molecule has 0 aliphatic rings. The van der Waals surface area contributed by atoms with Gasteiger partial charge >= 0.3 is 58.8 Å². The SMILES string of the molecule is CC(=O)[O-].CC(=O)[O-].CC(=O)[O-].CC(=O)[O-].CC(=O)[O-].[Ce+3].[Mn+2]. The smallest absolute Gasteiger partial charge is 0.550 e. The van der Waals surface area contributed by atoms with E-state index in [1.165, 1.54) is 0 Å². The van der Waals surface area contributed by atoms with E-state index >= 15 is 0 Å². The molecule has 2 radical (unpaired) electrons. The van der Waals surface area contributed by atoms with E-state index in [-0.39, 0.29) is 58.8 Å². The fourth-order valence-electron chi connectivity index (χ4n) is 0. The number of hydrogen-bond acceptors (Lipinski definition) is 10. The molecule has 0 unspecified atom stereocenters. The minimum atomic E-state index is -1.08. The van der Waals surface area contributed by atoms with E-state index in [9.17, 15) is 0 Å². The Kier molecular flexibility index (Phi) is 72.1. The molecule has 0 aliphatic heterocycles. The zero-order valence-electron chi connectivity index (χ0n) is 12.5. The summed E-state index contributed by atoms with van der Waals surface area (Å²) in [6.07, 6.45) is 0. The molecule has 0 aliphatic carbocycles. The molecular weight excluding hydrogens is 475 g/mol. The number of rotatable bonds is 0. The van der Waals surface area contributed by atoms with Crippen molar-refractivity contribution >= 4 is 29.8 Å². The van der Waals surface area contributed by atoms with Crippen LogP contribution >= 0.6 is 0 Å². The van der Waals surface area contributed by atoms with Gasteiger partial charge in [0, 0.05) is 29.8 Å². The van der Waals surface area contributed by atoms with E-state index in [1.54, 1.807) is 0 Å². The summed E-state index contributed by atoms with van der Waals surface area (Å²) in [5, 5.41) is 44.4. The van der Waals surface area contributed by atoms with Gasteiger partial charge in [-0.05, 0) is 34.6 Å². The van der Waals surface area contributed by atoms with Gasteiger partial charge in [0.25, 0.3) is 0 Å². The molecule has 10 nitrogen and oxygen atoms in total. The van der Waals surface area contributed by atoms with Gasteiger partial charge in [0.05, 0.1) is 0 Å². The maximum atomic E-state index is 8.89. The number of carboxylic acid groups (broad SMARTS) is 5. The Bertz CT molecular complexity index is 216. The van der Waals surface area contributed by atoms with Crippen LogP contribution in [0, 0.1) is 41.7 Å². The molecule has 0 aromatic carbocycles. The van der Waals surface area contributed by atoms with Crippen LogP contribution in [0.15, 0.2) is 0 Å². The molecule has 0 heterocycles. The van der Waals surface area contributed by atoms with Crippen molar-refractivity contribution in [2.45, 2.75) is 34.6 Å². The normalized spacial score (nSPS) is 5.68. The summed E-state index contributed by atoms with van der Waals surface area (Å²) >= 11 is 0. The van der Waals surface area contributed by atoms with Crippen LogP contribution in [0.1, 0.15) is 34.6 Å². The molecule has 0 atom stereocenters. The number of hydrogen-bond donors (Lipinski definition) is 0. The van der Waals surface area contributed by atoms with Crippen LogP contribution in [0.2, 0.25) is 0 Å². The average molecular weight is 490 g/mol. The van der Waals surface area contributed by atoms with Crippen molar-refractivity contribution in [1.82, 2.24) is 0 Å². The summed E-state index contributed by atoms with van der Waals surface area (Å²) < 4.78 is 0. The second-order valence-corrected chi connectivity index (χ2v) is 2.46. The molecule has 126 valence electrons. The second kappa shape index (κ2) is 37.0. The first-order chi connectivity index (χ1) is 8.66. The van der Waals surface area contributed by atoms with Crippen molar-refractivity contribution in [3.8, 4) is 0 Å². The molecule has 0 saturated carbocycles. The summed E-state index contributed by atoms with van der Waals surface area (Å²) in [7, 11) is 0. The van der Waals surface area contributed by atoms with Gasteiger partial charge in [-0.25, -0.2) is 0 Å². The van der Waals surface area contributed by atoms with Crippen LogP contribution in [0.3, 0.4) is 0 Å². The summed E-state index contributed by atoms with van der Waals surface area (Å²) in [5.41, 5.74) is 0. The van der Waals surface area contributed by atoms with E-state index < -0.39 is 29.8 Å². The van der Waals surface area contributed by atoms with Crippen LogP contribution in [0.25, 0.3) is 0 Å². The summed E-state index contributed by atoms with van der Waals surface area (Å²) in [6.45, 7) is 4.86. The molecule has 0 aromatic rings. The van der Waals surface area contributed by atoms with Crippen LogP contribution < -0.4 is 25.5 Å². The minimum absolute atomic E-state index is 0. The third kappa shape index (κ3) is 11300. The Hall–Kier alpha value is -0.754. The van der Waals surface area contributed by atoms with Crippen molar-refractivity contribution < 1.29 is 108 Å². The van der Waals surface area contributed by atoms with Gasteiger partial charge in [-0.3, -0.25) is 0 Å². The molecule has 0 spiro atoms. The first-order valence-electron chi connectivity index (χ1n) is 4.54. The molecular formula is C10H15CeMnO10. The third-order valence-electron chi connectivity index (χ3n) is 0. The Labute approximate surface area is 171 Å². The van der Waals surface area contributed by atoms with E-state index in [2.05, 4.69) is 0 Å². The van der Waals surface area contributed by atoms with Crippen molar-refractivity contribution in [2.75, 3.05) is 0 Å². The number of carboxylic acids is 5. The summed E-state index contributed by atoms with van der Waals surface area (Å²) in [5.74, 6) is -5.42. The molecule has 22 heavy (non-hydrogen) atoms. The molecule has 0 saturated heterocycles. The number of carbonyl (C=O) groups excluding carboxylic acids is 5. The maximum Gasteiger partial charge on any atom is 3.00 e. The first-order valence-corrected chi connectivity index (χ1v) is 4.54. The molecule has 0 bridgehead atoms. The van der Waals surface area contributed by atoms with Crippen molar-refractivity contribution in [1.29, 1.82) is 0 Å². The minimum Gasteiger partial charge on any atom is -0.550 e. The largest absolute Gasteiger partial charge is 3.00 e. The van der Waals surface area contributed by atoms with Crippen LogP contribution in [0.4, 0.5) is 0 Å². The van der Waals surface area contributed by atoms with Crippen molar-refractivity contribution in [3.63, 3.8) is 0 Å². The molecule has 12 heteroatoms. The van der Waals surface area contributed by atoms with Crippen LogP contribution in [-0.4, -0.2) is 29.8 Å². The first kappa shape index (κ1) is 42.9. The number of aliphatic carboxylic acids is 5. The van der Waals surface area contributed by atoms with E-state index in [0.29, 0.717) is 0 Å². The van der Waals surface area contributed by atoms with Crippen LogP contribution in [-0.2, 0) is 41.0 Å². The van der Waals surface area contributed by atoms with Gasteiger partial charge in [0.15, 0.2) is 0 Å². The van der Waals surface area contributed by atoms with E-state index in [1.807, 2.05) is 0 Å².